The first-order valence-electron chi connectivity index (χ1n) is 5.77. The molecule has 0 saturated heterocycles. The zero-order chi connectivity index (χ0) is 14.5. The SMILES string of the molecule is CCCS(=O)(=O)N(C)Cc1cc(/C=C/C(=O)O)cs1. The third-order valence-electron chi connectivity index (χ3n) is 2.41. The van der Waals surface area contributed by atoms with Gasteiger partial charge in [0.15, 0.2) is 0 Å². The van der Waals surface area contributed by atoms with Crippen LogP contribution in [0.2, 0.25) is 0 Å². The first-order valence-corrected chi connectivity index (χ1v) is 8.26. The highest BCUT2D eigenvalue weighted by molar-refractivity contribution is 7.89. The Bertz CT molecular complexity index is 560. The summed E-state index contributed by atoms with van der Waals surface area (Å²) in [4.78, 5) is 11.3. The topological polar surface area (TPSA) is 74.7 Å². The average molecular weight is 303 g/mol. The third-order valence-corrected chi connectivity index (χ3v) is 5.35. The zero-order valence-corrected chi connectivity index (χ0v) is 12.5. The van der Waals surface area contributed by atoms with Crippen LogP contribution in [0, 0.1) is 0 Å². The van der Waals surface area contributed by atoms with Gasteiger partial charge in [0.1, 0.15) is 0 Å². The van der Waals surface area contributed by atoms with Gasteiger partial charge in [0.25, 0.3) is 0 Å². The van der Waals surface area contributed by atoms with Crippen molar-refractivity contribution in [3.05, 3.63) is 28.0 Å². The lowest BCUT2D eigenvalue weighted by atomic mass is 10.3. The fraction of sp³-hybridized carbons (Fsp3) is 0.417. The van der Waals surface area contributed by atoms with E-state index in [1.807, 2.05) is 6.92 Å². The molecule has 0 aromatic carbocycles. The molecule has 0 aliphatic carbocycles. The summed E-state index contributed by atoms with van der Waals surface area (Å²) >= 11 is 1.41. The number of hydrogen-bond donors (Lipinski definition) is 1. The molecule has 0 aliphatic heterocycles. The van der Waals surface area contributed by atoms with E-state index < -0.39 is 16.0 Å². The molecule has 19 heavy (non-hydrogen) atoms. The van der Waals surface area contributed by atoms with Gasteiger partial charge in [0.05, 0.1) is 5.75 Å². The van der Waals surface area contributed by atoms with Gasteiger partial charge in [-0.1, -0.05) is 6.92 Å². The molecule has 0 atom stereocenters. The lowest BCUT2D eigenvalue weighted by molar-refractivity contribution is -0.131. The van der Waals surface area contributed by atoms with Crippen molar-refractivity contribution in [2.24, 2.45) is 0 Å². The second-order valence-corrected chi connectivity index (χ2v) is 7.28. The van der Waals surface area contributed by atoms with Gasteiger partial charge in [-0.05, 0) is 29.5 Å². The van der Waals surface area contributed by atoms with E-state index in [1.54, 1.807) is 18.5 Å². The highest BCUT2D eigenvalue weighted by Crippen LogP contribution is 2.19. The van der Waals surface area contributed by atoms with Crippen molar-refractivity contribution in [3.8, 4) is 0 Å². The van der Waals surface area contributed by atoms with Crippen molar-refractivity contribution in [2.45, 2.75) is 19.9 Å². The van der Waals surface area contributed by atoms with Gasteiger partial charge in [-0.2, -0.15) is 4.31 Å². The van der Waals surface area contributed by atoms with E-state index >= 15 is 0 Å². The highest BCUT2D eigenvalue weighted by atomic mass is 32.2. The third kappa shape index (κ3) is 5.14. The molecule has 0 fully saturated rings. The summed E-state index contributed by atoms with van der Waals surface area (Å²) in [5.41, 5.74) is 0.767. The molecule has 1 rings (SSSR count). The lowest BCUT2D eigenvalue weighted by Gasteiger charge is -2.15. The van der Waals surface area contributed by atoms with Crippen LogP contribution in [0.1, 0.15) is 23.8 Å². The van der Waals surface area contributed by atoms with Crippen molar-refractivity contribution in [3.63, 3.8) is 0 Å². The van der Waals surface area contributed by atoms with Gasteiger partial charge < -0.3 is 5.11 Å². The summed E-state index contributed by atoms with van der Waals surface area (Å²) in [7, 11) is -1.64. The average Bonchev–Trinajstić information content (AvgIpc) is 2.74. The molecule has 0 spiro atoms. The fourth-order valence-electron chi connectivity index (χ4n) is 1.47. The summed E-state index contributed by atoms with van der Waals surface area (Å²) < 4.78 is 24.9. The summed E-state index contributed by atoms with van der Waals surface area (Å²) in [5.74, 6) is -0.865. The van der Waals surface area contributed by atoms with Crippen LogP contribution in [0.25, 0.3) is 6.08 Å². The second-order valence-electron chi connectivity index (χ2n) is 4.09. The molecule has 1 N–H and O–H groups in total. The molecule has 0 aliphatic rings. The van der Waals surface area contributed by atoms with Crippen molar-refractivity contribution >= 4 is 33.4 Å². The van der Waals surface area contributed by atoms with Crippen LogP contribution in [0.3, 0.4) is 0 Å². The van der Waals surface area contributed by atoms with E-state index in [-0.39, 0.29) is 5.75 Å². The van der Waals surface area contributed by atoms with E-state index in [0.717, 1.165) is 16.5 Å². The van der Waals surface area contributed by atoms with Crippen LogP contribution >= 0.6 is 11.3 Å². The van der Waals surface area contributed by atoms with Gasteiger partial charge >= 0.3 is 5.97 Å². The molecule has 106 valence electrons. The number of carboxylic acid groups (broad SMARTS) is 1. The summed E-state index contributed by atoms with van der Waals surface area (Å²) in [6.45, 7) is 2.14. The largest absolute Gasteiger partial charge is 0.478 e. The Morgan fingerprint density at radius 2 is 2.21 bits per heavy atom. The van der Waals surface area contributed by atoms with Gasteiger partial charge in [-0.25, -0.2) is 13.2 Å². The number of sulfonamides is 1. The maximum Gasteiger partial charge on any atom is 0.328 e. The molecule has 1 aromatic heterocycles. The van der Waals surface area contributed by atoms with Gasteiger partial charge in [0.2, 0.25) is 10.0 Å². The smallest absolute Gasteiger partial charge is 0.328 e. The van der Waals surface area contributed by atoms with E-state index in [0.29, 0.717) is 13.0 Å². The Balaban J connectivity index is 2.71. The van der Waals surface area contributed by atoms with Crippen LogP contribution in [-0.4, -0.2) is 36.6 Å². The lowest BCUT2D eigenvalue weighted by Crippen LogP contribution is -2.28. The Kier molecular flexibility index (Phi) is 5.71. The maximum absolute atomic E-state index is 11.8. The highest BCUT2D eigenvalue weighted by Gasteiger charge is 2.17. The van der Waals surface area contributed by atoms with Crippen molar-refractivity contribution < 1.29 is 18.3 Å². The van der Waals surface area contributed by atoms with E-state index in [2.05, 4.69) is 0 Å². The number of thiophene rings is 1. The summed E-state index contributed by atoms with van der Waals surface area (Å²) in [6, 6.07) is 1.79. The molecule has 0 saturated carbocycles. The fourth-order valence-corrected chi connectivity index (χ4v) is 3.62. The number of nitrogens with zero attached hydrogens (tertiary/aromatic N) is 1. The molecular weight excluding hydrogens is 286 g/mol. The Morgan fingerprint density at radius 3 is 2.79 bits per heavy atom. The molecule has 7 heteroatoms. The number of carbonyl (C=O) groups is 1. The maximum atomic E-state index is 11.8. The zero-order valence-electron chi connectivity index (χ0n) is 10.9. The molecular formula is C12H17NO4S2. The van der Waals surface area contributed by atoms with E-state index in [9.17, 15) is 13.2 Å². The predicted octanol–water partition coefficient (Wildman–Crippen LogP) is 2.02. The summed E-state index contributed by atoms with van der Waals surface area (Å²) in [6.07, 6.45) is 3.13. The van der Waals surface area contributed by atoms with Crippen LogP contribution < -0.4 is 0 Å². The quantitative estimate of drug-likeness (QED) is 0.782. The Hall–Kier alpha value is -1.18. The van der Waals surface area contributed by atoms with Crippen LogP contribution in [0.5, 0.6) is 0 Å². The van der Waals surface area contributed by atoms with Crippen molar-refractivity contribution in [1.29, 1.82) is 0 Å². The first kappa shape index (κ1) is 15.9. The minimum absolute atomic E-state index is 0.140. The van der Waals surface area contributed by atoms with Crippen molar-refractivity contribution in [1.82, 2.24) is 4.31 Å². The molecule has 0 unspecified atom stereocenters. The monoisotopic (exact) mass is 303 g/mol. The van der Waals surface area contributed by atoms with Gasteiger partial charge in [0, 0.05) is 24.5 Å². The Morgan fingerprint density at radius 1 is 1.53 bits per heavy atom. The minimum Gasteiger partial charge on any atom is -0.478 e. The standard InChI is InChI=1S/C12H17NO4S2/c1-3-6-19(16,17)13(2)8-11-7-10(9-18-11)4-5-12(14)15/h4-5,7,9H,3,6,8H2,1-2H3,(H,14,15)/b5-4+. The van der Waals surface area contributed by atoms with Crippen LogP contribution in [-0.2, 0) is 21.4 Å². The van der Waals surface area contributed by atoms with Crippen LogP contribution in [0.15, 0.2) is 17.5 Å². The molecule has 0 bridgehead atoms. The molecule has 0 amide bonds. The summed E-state index contributed by atoms with van der Waals surface area (Å²) in [5, 5.41) is 10.3. The molecule has 0 radical (unpaired) electrons. The number of aliphatic carboxylic acids is 1. The van der Waals surface area contributed by atoms with Crippen molar-refractivity contribution in [2.75, 3.05) is 12.8 Å². The number of carboxylic acids is 1. The minimum atomic E-state index is -3.20. The molecule has 1 heterocycles. The van der Waals surface area contributed by atoms with Gasteiger partial charge in [-0.3, -0.25) is 0 Å². The number of rotatable bonds is 7. The normalized spacial score (nSPS) is 12.4. The predicted molar refractivity (Wildman–Crippen MR) is 76.5 cm³/mol. The van der Waals surface area contributed by atoms with Crippen LogP contribution in [0.4, 0.5) is 0 Å². The second kappa shape index (κ2) is 6.83. The van der Waals surface area contributed by atoms with E-state index in [1.165, 1.54) is 21.7 Å². The van der Waals surface area contributed by atoms with Gasteiger partial charge in [-0.15, -0.1) is 11.3 Å². The van der Waals surface area contributed by atoms with E-state index in [4.69, 9.17) is 5.11 Å². The Labute approximate surface area is 117 Å². The molecule has 1 aromatic rings. The molecule has 5 nitrogen and oxygen atoms in total. The number of hydrogen-bond acceptors (Lipinski definition) is 4. The first-order chi connectivity index (χ1) is 8.85.